The first-order valence-corrected chi connectivity index (χ1v) is 8.79. The molecule has 1 aromatic rings. The summed E-state index contributed by atoms with van der Waals surface area (Å²) in [4.78, 5) is 14.2. The van der Waals surface area contributed by atoms with Gasteiger partial charge in [-0.05, 0) is 43.4 Å². The fourth-order valence-electron chi connectivity index (χ4n) is 2.36. The number of unbranched alkanes of at least 4 members (excludes halogenated alkanes) is 1. The van der Waals surface area contributed by atoms with E-state index in [-0.39, 0.29) is 12.3 Å². The average Bonchev–Trinajstić information content (AvgIpc) is 2.51. The van der Waals surface area contributed by atoms with Crippen LogP contribution in [-0.2, 0) is 0 Å². The molecule has 4 heteroatoms. The van der Waals surface area contributed by atoms with Crippen LogP contribution in [0.15, 0.2) is 24.3 Å². The van der Waals surface area contributed by atoms with Crippen LogP contribution in [0.5, 0.6) is 5.75 Å². The lowest BCUT2D eigenvalue weighted by Gasteiger charge is -2.25. The summed E-state index contributed by atoms with van der Waals surface area (Å²) < 4.78 is 5.79. The lowest BCUT2D eigenvalue weighted by Crippen LogP contribution is -2.46. The maximum atomic E-state index is 12.3. The molecular weight excluding hydrogens is 288 g/mol. The first kappa shape index (κ1) is 19.3. The van der Waals surface area contributed by atoms with Crippen molar-refractivity contribution in [2.24, 2.45) is 0 Å². The number of carbonyl (C=O) groups is 1. The third-order valence-corrected chi connectivity index (χ3v) is 3.75. The second-order valence-electron chi connectivity index (χ2n) is 6.27. The molecule has 0 fully saturated rings. The highest BCUT2D eigenvalue weighted by molar-refractivity contribution is 5.74. The van der Waals surface area contributed by atoms with Gasteiger partial charge in [-0.3, -0.25) is 0 Å². The van der Waals surface area contributed by atoms with E-state index in [2.05, 4.69) is 45.1 Å². The Balaban J connectivity index is 2.53. The largest absolute Gasteiger partial charge is 0.471 e. The molecule has 130 valence electrons. The first-order valence-electron chi connectivity index (χ1n) is 8.79. The topological polar surface area (TPSA) is 41.6 Å². The van der Waals surface area contributed by atoms with E-state index in [0.29, 0.717) is 5.92 Å². The van der Waals surface area contributed by atoms with Crippen molar-refractivity contribution in [1.82, 2.24) is 10.2 Å². The Morgan fingerprint density at radius 3 is 2.26 bits per heavy atom. The maximum absolute atomic E-state index is 12.3. The van der Waals surface area contributed by atoms with Crippen LogP contribution in [0.1, 0.15) is 65.4 Å². The van der Waals surface area contributed by atoms with Gasteiger partial charge in [-0.1, -0.05) is 46.2 Å². The third-order valence-electron chi connectivity index (χ3n) is 3.75. The zero-order chi connectivity index (χ0) is 17.2. The Hall–Kier alpha value is -1.71. The molecule has 2 amide bonds. The highest BCUT2D eigenvalue weighted by Gasteiger charge is 2.15. The van der Waals surface area contributed by atoms with Crippen molar-refractivity contribution in [3.63, 3.8) is 0 Å². The molecular formula is C19H32N2O2. The monoisotopic (exact) mass is 320 g/mol. The lowest BCUT2D eigenvalue weighted by molar-refractivity contribution is 0.152. The molecule has 0 radical (unpaired) electrons. The minimum Gasteiger partial charge on any atom is -0.471 e. The van der Waals surface area contributed by atoms with Crippen molar-refractivity contribution < 1.29 is 9.53 Å². The quantitative estimate of drug-likeness (QED) is 0.667. The Bertz CT molecular complexity index is 457. The van der Waals surface area contributed by atoms with E-state index < -0.39 is 0 Å². The van der Waals surface area contributed by atoms with Gasteiger partial charge in [-0.2, -0.15) is 0 Å². The summed E-state index contributed by atoms with van der Waals surface area (Å²) in [6, 6.07) is 8.00. The number of carbonyl (C=O) groups excluding carboxylic acids is 1. The first-order chi connectivity index (χ1) is 11.0. The van der Waals surface area contributed by atoms with Gasteiger partial charge in [0.15, 0.2) is 6.23 Å². The van der Waals surface area contributed by atoms with Crippen LogP contribution in [0.25, 0.3) is 0 Å². The van der Waals surface area contributed by atoms with Crippen LogP contribution < -0.4 is 10.1 Å². The number of benzene rings is 1. The second kappa shape index (κ2) is 10.1. The number of nitrogens with zero attached hydrogens (tertiary/aromatic N) is 1. The zero-order valence-electron chi connectivity index (χ0n) is 15.3. The maximum Gasteiger partial charge on any atom is 0.320 e. The van der Waals surface area contributed by atoms with E-state index in [9.17, 15) is 4.79 Å². The summed E-state index contributed by atoms with van der Waals surface area (Å²) in [6.07, 6.45) is 2.72. The lowest BCUT2D eigenvalue weighted by atomic mass is 10.0. The molecule has 1 N–H and O–H groups in total. The highest BCUT2D eigenvalue weighted by atomic mass is 16.5. The Morgan fingerprint density at radius 1 is 1.09 bits per heavy atom. The molecule has 23 heavy (non-hydrogen) atoms. The predicted molar refractivity (Wildman–Crippen MR) is 95.9 cm³/mol. The number of hydrogen-bond acceptors (Lipinski definition) is 2. The van der Waals surface area contributed by atoms with E-state index in [0.717, 1.165) is 38.1 Å². The molecule has 1 rings (SSSR count). The molecule has 0 spiro atoms. The van der Waals surface area contributed by atoms with Gasteiger partial charge in [0.1, 0.15) is 5.75 Å². The number of nitrogens with one attached hydrogen (secondary N) is 1. The van der Waals surface area contributed by atoms with Crippen LogP contribution in [0.2, 0.25) is 0 Å². The average molecular weight is 320 g/mol. The summed E-state index contributed by atoms with van der Waals surface area (Å²) in [5.41, 5.74) is 1.28. The van der Waals surface area contributed by atoms with Gasteiger partial charge in [0.25, 0.3) is 0 Å². The van der Waals surface area contributed by atoms with Crippen LogP contribution in [0.3, 0.4) is 0 Å². The van der Waals surface area contributed by atoms with Crippen LogP contribution in [0, 0.1) is 0 Å². The van der Waals surface area contributed by atoms with Crippen molar-refractivity contribution in [3.05, 3.63) is 29.8 Å². The molecule has 0 saturated carbocycles. The third kappa shape index (κ3) is 6.93. The van der Waals surface area contributed by atoms with Gasteiger partial charge in [0.05, 0.1) is 0 Å². The number of hydrogen-bond donors (Lipinski definition) is 1. The molecule has 1 unspecified atom stereocenters. The van der Waals surface area contributed by atoms with E-state index in [4.69, 9.17) is 4.74 Å². The predicted octanol–water partition coefficient (Wildman–Crippen LogP) is 4.76. The minimum atomic E-state index is -0.353. The molecule has 0 bridgehead atoms. The number of rotatable bonds is 9. The summed E-state index contributed by atoms with van der Waals surface area (Å²) in [5, 5.41) is 2.92. The van der Waals surface area contributed by atoms with Gasteiger partial charge >= 0.3 is 6.03 Å². The molecule has 1 aromatic carbocycles. The fraction of sp³-hybridized carbons (Fsp3) is 0.632. The fourth-order valence-corrected chi connectivity index (χ4v) is 2.36. The number of amides is 2. The van der Waals surface area contributed by atoms with Crippen molar-refractivity contribution >= 4 is 6.03 Å². The zero-order valence-corrected chi connectivity index (χ0v) is 15.3. The molecule has 0 saturated heterocycles. The van der Waals surface area contributed by atoms with Crippen LogP contribution >= 0.6 is 0 Å². The Kier molecular flexibility index (Phi) is 8.52. The molecule has 0 aliphatic rings. The summed E-state index contributed by atoms with van der Waals surface area (Å²) in [6.45, 7) is 12.0. The van der Waals surface area contributed by atoms with Crippen LogP contribution in [-0.4, -0.2) is 30.2 Å². The smallest absolute Gasteiger partial charge is 0.320 e. The van der Waals surface area contributed by atoms with Gasteiger partial charge in [0, 0.05) is 13.1 Å². The Morgan fingerprint density at radius 2 is 1.74 bits per heavy atom. The standard InChI is InChI=1S/C19H32N2O2/c1-6-8-14-21(13-7-2)19(22)20-16(5)23-18-11-9-17(10-12-18)15(3)4/h9-12,15-16H,6-8,13-14H2,1-5H3,(H,20,22). The summed E-state index contributed by atoms with van der Waals surface area (Å²) in [5.74, 6) is 1.28. The summed E-state index contributed by atoms with van der Waals surface area (Å²) >= 11 is 0. The van der Waals surface area contributed by atoms with Crippen molar-refractivity contribution in [2.45, 2.75) is 66.0 Å². The minimum absolute atomic E-state index is 0.0494. The van der Waals surface area contributed by atoms with E-state index >= 15 is 0 Å². The SMILES string of the molecule is CCCCN(CCC)C(=O)NC(C)Oc1ccc(C(C)C)cc1. The second-order valence-corrected chi connectivity index (χ2v) is 6.27. The highest BCUT2D eigenvalue weighted by Crippen LogP contribution is 2.19. The van der Waals surface area contributed by atoms with E-state index in [1.807, 2.05) is 24.0 Å². The van der Waals surface area contributed by atoms with E-state index in [1.54, 1.807) is 0 Å². The van der Waals surface area contributed by atoms with Crippen molar-refractivity contribution in [2.75, 3.05) is 13.1 Å². The summed E-state index contributed by atoms with van der Waals surface area (Å²) in [7, 11) is 0. The van der Waals surface area contributed by atoms with Crippen molar-refractivity contribution in [3.8, 4) is 5.75 Å². The molecule has 4 nitrogen and oxygen atoms in total. The van der Waals surface area contributed by atoms with Crippen molar-refractivity contribution in [1.29, 1.82) is 0 Å². The number of ether oxygens (including phenoxy) is 1. The molecule has 0 aromatic heterocycles. The van der Waals surface area contributed by atoms with E-state index in [1.165, 1.54) is 5.56 Å². The molecule has 0 heterocycles. The molecule has 1 atom stereocenters. The number of urea groups is 1. The van der Waals surface area contributed by atoms with Gasteiger partial charge in [-0.25, -0.2) is 4.79 Å². The van der Waals surface area contributed by atoms with Crippen LogP contribution in [0.4, 0.5) is 4.79 Å². The van der Waals surface area contributed by atoms with Gasteiger partial charge < -0.3 is 15.0 Å². The van der Waals surface area contributed by atoms with Gasteiger partial charge in [-0.15, -0.1) is 0 Å². The molecule has 0 aliphatic heterocycles. The van der Waals surface area contributed by atoms with Gasteiger partial charge in [0.2, 0.25) is 0 Å². The molecule has 0 aliphatic carbocycles. The Labute approximate surface area is 141 Å². The normalized spacial score (nSPS) is 12.1.